The monoisotopic (exact) mass is 214 g/mol. The van der Waals surface area contributed by atoms with Crippen molar-refractivity contribution in [2.75, 3.05) is 32.9 Å². The zero-order valence-electron chi connectivity index (χ0n) is 9.52. The molecule has 0 aromatic rings. The van der Waals surface area contributed by atoms with E-state index in [2.05, 4.69) is 11.8 Å². The molecule has 2 rings (SSSR count). The van der Waals surface area contributed by atoms with E-state index in [1.807, 2.05) is 0 Å². The highest BCUT2D eigenvalue weighted by atomic mass is 16.5. The van der Waals surface area contributed by atoms with E-state index >= 15 is 0 Å². The van der Waals surface area contributed by atoms with Crippen molar-refractivity contribution in [1.29, 1.82) is 0 Å². The number of hydrogen-bond acceptors (Lipinski definition) is 4. The molecule has 4 heteroatoms. The van der Waals surface area contributed by atoms with Gasteiger partial charge in [-0.15, -0.1) is 0 Å². The van der Waals surface area contributed by atoms with Crippen molar-refractivity contribution in [2.45, 2.75) is 38.0 Å². The maximum absolute atomic E-state index is 5.66. The SMILES string of the molecule is CC1COC(CN)CN1C1CCCOC1. The number of morpholine rings is 1. The van der Waals surface area contributed by atoms with Gasteiger partial charge in [-0.25, -0.2) is 0 Å². The summed E-state index contributed by atoms with van der Waals surface area (Å²) in [6.45, 7) is 6.42. The molecule has 0 aromatic heterocycles. The normalized spacial score (nSPS) is 39.2. The van der Waals surface area contributed by atoms with Gasteiger partial charge in [-0.3, -0.25) is 4.90 Å². The van der Waals surface area contributed by atoms with Crippen molar-refractivity contribution in [3.8, 4) is 0 Å². The van der Waals surface area contributed by atoms with Gasteiger partial charge < -0.3 is 15.2 Å². The zero-order valence-corrected chi connectivity index (χ0v) is 9.52. The van der Waals surface area contributed by atoms with Crippen LogP contribution in [0.4, 0.5) is 0 Å². The van der Waals surface area contributed by atoms with Crippen LogP contribution in [0.25, 0.3) is 0 Å². The van der Waals surface area contributed by atoms with Gasteiger partial charge in [-0.1, -0.05) is 0 Å². The minimum atomic E-state index is 0.211. The molecule has 0 spiro atoms. The fourth-order valence-electron chi connectivity index (χ4n) is 2.48. The molecule has 0 aliphatic carbocycles. The first-order valence-electron chi connectivity index (χ1n) is 5.96. The molecular formula is C11H22N2O2. The van der Waals surface area contributed by atoms with Gasteiger partial charge in [0.1, 0.15) is 0 Å². The van der Waals surface area contributed by atoms with Gasteiger partial charge >= 0.3 is 0 Å². The number of rotatable bonds is 2. The quantitative estimate of drug-likeness (QED) is 0.714. The van der Waals surface area contributed by atoms with Crippen LogP contribution in [0.5, 0.6) is 0 Å². The van der Waals surface area contributed by atoms with Crippen molar-refractivity contribution < 1.29 is 9.47 Å². The second-order valence-electron chi connectivity index (χ2n) is 4.61. The third kappa shape index (κ3) is 2.69. The molecule has 0 saturated carbocycles. The minimum Gasteiger partial charge on any atom is -0.380 e. The molecule has 2 aliphatic rings. The molecule has 2 N–H and O–H groups in total. The molecule has 2 heterocycles. The maximum Gasteiger partial charge on any atom is 0.0824 e. The summed E-state index contributed by atoms with van der Waals surface area (Å²) in [6.07, 6.45) is 2.65. The molecule has 4 nitrogen and oxygen atoms in total. The van der Waals surface area contributed by atoms with E-state index < -0.39 is 0 Å². The van der Waals surface area contributed by atoms with Crippen molar-refractivity contribution in [3.05, 3.63) is 0 Å². The highest BCUT2D eigenvalue weighted by Crippen LogP contribution is 2.20. The Kier molecular flexibility index (Phi) is 3.97. The van der Waals surface area contributed by atoms with Crippen molar-refractivity contribution >= 4 is 0 Å². The standard InChI is InChI=1S/C11H22N2O2/c1-9-7-15-11(5-12)6-13(9)10-3-2-4-14-8-10/h9-11H,2-8,12H2,1H3. The molecule has 0 radical (unpaired) electrons. The van der Waals surface area contributed by atoms with Crippen molar-refractivity contribution in [3.63, 3.8) is 0 Å². The van der Waals surface area contributed by atoms with Crippen LogP contribution in [0.3, 0.4) is 0 Å². The molecule has 0 bridgehead atoms. The smallest absolute Gasteiger partial charge is 0.0824 e. The highest BCUT2D eigenvalue weighted by Gasteiger charge is 2.31. The summed E-state index contributed by atoms with van der Waals surface area (Å²) in [6, 6.07) is 1.08. The Balaban J connectivity index is 1.92. The van der Waals surface area contributed by atoms with Gasteiger partial charge in [0.25, 0.3) is 0 Å². The van der Waals surface area contributed by atoms with Crippen molar-refractivity contribution in [2.24, 2.45) is 5.73 Å². The summed E-state index contributed by atoms with van der Waals surface area (Å²) in [5.74, 6) is 0. The zero-order chi connectivity index (χ0) is 10.7. The lowest BCUT2D eigenvalue weighted by molar-refractivity contribution is -0.0925. The van der Waals surface area contributed by atoms with Crippen LogP contribution in [-0.4, -0.2) is 56.0 Å². The maximum atomic E-state index is 5.66. The van der Waals surface area contributed by atoms with Crippen LogP contribution in [0, 0.1) is 0 Å². The van der Waals surface area contributed by atoms with Crippen LogP contribution in [0.2, 0.25) is 0 Å². The summed E-state index contributed by atoms with van der Waals surface area (Å²) in [5, 5.41) is 0. The number of nitrogens with two attached hydrogens (primary N) is 1. The molecule has 88 valence electrons. The molecule has 3 unspecified atom stereocenters. The van der Waals surface area contributed by atoms with Gasteiger partial charge in [0.05, 0.1) is 19.3 Å². The van der Waals surface area contributed by atoms with Crippen LogP contribution < -0.4 is 5.73 Å². The van der Waals surface area contributed by atoms with E-state index in [1.165, 1.54) is 12.8 Å². The molecular weight excluding hydrogens is 192 g/mol. The molecule has 3 atom stereocenters. The second kappa shape index (κ2) is 5.25. The topological polar surface area (TPSA) is 47.7 Å². The summed E-state index contributed by atoms with van der Waals surface area (Å²) in [4.78, 5) is 2.51. The Bertz CT molecular complexity index is 195. The number of ether oxygens (including phenoxy) is 2. The Morgan fingerprint density at radius 3 is 2.93 bits per heavy atom. The largest absolute Gasteiger partial charge is 0.380 e. The number of nitrogens with zero attached hydrogens (tertiary/aromatic N) is 1. The third-order valence-electron chi connectivity index (χ3n) is 3.42. The van der Waals surface area contributed by atoms with Crippen LogP contribution in [0.1, 0.15) is 19.8 Å². The van der Waals surface area contributed by atoms with E-state index in [0.29, 0.717) is 18.6 Å². The first-order chi connectivity index (χ1) is 7.31. The molecule has 0 amide bonds. The van der Waals surface area contributed by atoms with E-state index in [9.17, 15) is 0 Å². The number of hydrogen-bond donors (Lipinski definition) is 1. The molecule has 2 fully saturated rings. The minimum absolute atomic E-state index is 0.211. The van der Waals surface area contributed by atoms with E-state index in [4.69, 9.17) is 15.2 Å². The molecule has 15 heavy (non-hydrogen) atoms. The fourth-order valence-corrected chi connectivity index (χ4v) is 2.48. The lowest BCUT2D eigenvalue weighted by Crippen LogP contribution is -2.56. The Morgan fingerprint density at radius 2 is 2.27 bits per heavy atom. The Morgan fingerprint density at radius 1 is 1.40 bits per heavy atom. The second-order valence-corrected chi connectivity index (χ2v) is 4.61. The van der Waals surface area contributed by atoms with Gasteiger partial charge in [0, 0.05) is 31.8 Å². The van der Waals surface area contributed by atoms with Crippen LogP contribution >= 0.6 is 0 Å². The predicted molar refractivity (Wildman–Crippen MR) is 58.8 cm³/mol. The summed E-state index contributed by atoms with van der Waals surface area (Å²) in [7, 11) is 0. The van der Waals surface area contributed by atoms with E-state index in [-0.39, 0.29) is 6.10 Å². The Hall–Kier alpha value is -0.160. The molecule has 2 aliphatic heterocycles. The van der Waals surface area contributed by atoms with Gasteiger partial charge in [-0.2, -0.15) is 0 Å². The highest BCUT2D eigenvalue weighted by molar-refractivity contribution is 4.84. The summed E-state index contributed by atoms with van der Waals surface area (Å²) < 4.78 is 11.2. The molecule has 0 aromatic carbocycles. The average Bonchev–Trinajstić information content (AvgIpc) is 2.31. The molecule has 2 saturated heterocycles. The van der Waals surface area contributed by atoms with Gasteiger partial charge in [0.15, 0.2) is 0 Å². The van der Waals surface area contributed by atoms with E-state index in [1.54, 1.807) is 0 Å². The fraction of sp³-hybridized carbons (Fsp3) is 1.00. The summed E-state index contributed by atoms with van der Waals surface area (Å²) >= 11 is 0. The van der Waals surface area contributed by atoms with Crippen LogP contribution in [0.15, 0.2) is 0 Å². The Labute approximate surface area is 91.7 Å². The average molecular weight is 214 g/mol. The first-order valence-corrected chi connectivity index (χ1v) is 5.96. The predicted octanol–water partition coefficient (Wildman–Crippen LogP) is 0.213. The van der Waals surface area contributed by atoms with E-state index in [0.717, 1.165) is 26.4 Å². The summed E-state index contributed by atoms with van der Waals surface area (Å²) in [5.41, 5.74) is 5.66. The van der Waals surface area contributed by atoms with Gasteiger partial charge in [-0.05, 0) is 19.8 Å². The van der Waals surface area contributed by atoms with Crippen molar-refractivity contribution in [1.82, 2.24) is 4.90 Å². The third-order valence-corrected chi connectivity index (χ3v) is 3.42. The lowest BCUT2D eigenvalue weighted by Gasteiger charge is -2.43. The lowest BCUT2D eigenvalue weighted by atomic mass is 10.0. The van der Waals surface area contributed by atoms with Crippen LogP contribution in [-0.2, 0) is 9.47 Å². The van der Waals surface area contributed by atoms with Gasteiger partial charge in [0.2, 0.25) is 0 Å². The first kappa shape index (κ1) is 11.3.